The van der Waals surface area contributed by atoms with E-state index in [0.29, 0.717) is 5.76 Å². The molecule has 8 nitrogen and oxygen atoms in total. The Morgan fingerprint density at radius 2 is 1.83 bits per heavy atom. The second kappa shape index (κ2) is 6.41. The zero-order valence-electron chi connectivity index (χ0n) is 11.8. The van der Waals surface area contributed by atoms with E-state index < -0.39 is 21.8 Å². The minimum absolute atomic E-state index is 0.0392. The van der Waals surface area contributed by atoms with Gasteiger partial charge in [0.05, 0.1) is 16.8 Å². The smallest absolute Gasteiger partial charge is 0.273 e. The molecule has 2 aromatic rings. The molecule has 0 unspecified atom stereocenters. The third kappa shape index (κ3) is 3.89. The van der Waals surface area contributed by atoms with E-state index in [0.717, 1.165) is 6.07 Å². The first-order valence-electron chi connectivity index (χ1n) is 6.17. The van der Waals surface area contributed by atoms with Gasteiger partial charge in [-0.1, -0.05) is 11.6 Å². The number of aryl methyl sites for hydroxylation is 1. The molecule has 23 heavy (non-hydrogen) atoms. The third-order valence-electron chi connectivity index (χ3n) is 2.89. The molecule has 0 saturated carbocycles. The number of benzene rings is 1. The van der Waals surface area contributed by atoms with Crippen LogP contribution < -0.4 is 16.0 Å². The van der Waals surface area contributed by atoms with Crippen LogP contribution in [0.3, 0.4) is 0 Å². The predicted molar refractivity (Wildman–Crippen MR) is 81.2 cm³/mol. The van der Waals surface area contributed by atoms with Crippen LogP contribution in [0.1, 0.15) is 26.5 Å². The lowest BCUT2D eigenvalue weighted by Gasteiger charge is -2.08. The van der Waals surface area contributed by atoms with Gasteiger partial charge in [0.15, 0.2) is 0 Å². The Morgan fingerprint density at radius 1 is 1.17 bits per heavy atom. The molecule has 0 aliphatic rings. The summed E-state index contributed by atoms with van der Waals surface area (Å²) in [6, 6.07) is 4.97. The highest BCUT2D eigenvalue weighted by Gasteiger charge is 2.17. The maximum absolute atomic E-state index is 12.0. The van der Waals surface area contributed by atoms with Crippen molar-refractivity contribution < 1.29 is 22.4 Å². The third-order valence-corrected chi connectivity index (χ3v) is 4.29. The molecule has 0 aliphatic carbocycles. The number of primary sulfonamides is 1. The average Bonchev–Trinajstić information content (AvgIpc) is 2.90. The van der Waals surface area contributed by atoms with Gasteiger partial charge in [0.1, 0.15) is 10.7 Å². The predicted octanol–water partition coefficient (Wildman–Crippen LogP) is 0.964. The fourth-order valence-electron chi connectivity index (χ4n) is 1.74. The van der Waals surface area contributed by atoms with E-state index in [2.05, 4.69) is 10.9 Å². The van der Waals surface area contributed by atoms with Crippen LogP contribution in [-0.4, -0.2) is 20.2 Å². The molecule has 0 saturated heterocycles. The normalized spacial score (nSPS) is 11.1. The summed E-state index contributed by atoms with van der Waals surface area (Å²) in [6.07, 6.45) is 1.34. The quantitative estimate of drug-likeness (QED) is 0.704. The van der Waals surface area contributed by atoms with E-state index in [1.165, 1.54) is 24.5 Å². The molecule has 1 aromatic heterocycles. The largest absolute Gasteiger partial charge is 0.469 e. The summed E-state index contributed by atoms with van der Waals surface area (Å²) in [7, 11) is -4.07. The minimum atomic E-state index is -4.07. The number of hydrogen-bond donors (Lipinski definition) is 3. The van der Waals surface area contributed by atoms with Crippen LogP contribution in [0.2, 0.25) is 5.02 Å². The fourth-order valence-corrected chi connectivity index (χ4v) is 2.81. The number of halogens is 1. The number of nitrogens with one attached hydrogen (secondary N) is 2. The SMILES string of the molecule is Cc1occc1C(=O)NNC(=O)c1ccc(Cl)c(S(N)(=O)=O)c1. The molecule has 0 atom stereocenters. The number of rotatable bonds is 3. The van der Waals surface area contributed by atoms with Gasteiger partial charge in [0.2, 0.25) is 10.0 Å². The van der Waals surface area contributed by atoms with Gasteiger partial charge in [0, 0.05) is 5.56 Å². The summed E-state index contributed by atoms with van der Waals surface area (Å²) in [6.45, 7) is 1.59. The first-order chi connectivity index (χ1) is 10.7. The van der Waals surface area contributed by atoms with Crippen LogP contribution in [0.25, 0.3) is 0 Å². The second-order valence-electron chi connectivity index (χ2n) is 4.49. The van der Waals surface area contributed by atoms with Crippen LogP contribution >= 0.6 is 11.6 Å². The highest BCUT2D eigenvalue weighted by Crippen LogP contribution is 2.21. The van der Waals surface area contributed by atoms with E-state index in [-0.39, 0.29) is 21.0 Å². The molecular weight excluding hydrogens is 346 g/mol. The van der Waals surface area contributed by atoms with Gasteiger partial charge in [-0.3, -0.25) is 20.4 Å². The molecule has 0 bridgehead atoms. The summed E-state index contributed by atoms with van der Waals surface area (Å²) in [5.41, 5.74) is 4.56. The monoisotopic (exact) mass is 357 g/mol. The van der Waals surface area contributed by atoms with Crippen LogP contribution in [-0.2, 0) is 10.0 Å². The van der Waals surface area contributed by atoms with E-state index >= 15 is 0 Å². The van der Waals surface area contributed by atoms with Crippen LogP contribution in [0, 0.1) is 6.92 Å². The minimum Gasteiger partial charge on any atom is -0.469 e. The molecule has 0 radical (unpaired) electrons. The molecule has 10 heteroatoms. The van der Waals surface area contributed by atoms with E-state index in [4.69, 9.17) is 21.2 Å². The Labute approximate surface area is 136 Å². The van der Waals surface area contributed by atoms with Crippen molar-refractivity contribution in [2.75, 3.05) is 0 Å². The molecule has 4 N–H and O–H groups in total. The lowest BCUT2D eigenvalue weighted by molar-refractivity contribution is 0.0845. The van der Waals surface area contributed by atoms with Crippen molar-refractivity contribution in [3.63, 3.8) is 0 Å². The number of carbonyl (C=O) groups is 2. The summed E-state index contributed by atoms with van der Waals surface area (Å²) in [5.74, 6) is -0.925. The van der Waals surface area contributed by atoms with Crippen molar-refractivity contribution in [2.45, 2.75) is 11.8 Å². The molecule has 1 aromatic carbocycles. The Morgan fingerprint density at radius 3 is 2.39 bits per heavy atom. The standard InChI is InChI=1S/C13H12ClN3O5S/c1-7-9(4-5-22-7)13(19)17-16-12(18)8-2-3-10(14)11(6-8)23(15,20)21/h2-6H,1H3,(H,16,18)(H,17,19)(H2,15,20,21). The fraction of sp³-hybridized carbons (Fsp3) is 0.0769. The number of hydrazine groups is 1. The first kappa shape index (κ1) is 17.0. The summed E-state index contributed by atoms with van der Waals surface area (Å²) >= 11 is 5.73. The number of nitrogens with two attached hydrogens (primary N) is 1. The molecule has 0 spiro atoms. The molecule has 2 rings (SSSR count). The van der Waals surface area contributed by atoms with E-state index in [1.54, 1.807) is 6.92 Å². The van der Waals surface area contributed by atoms with E-state index in [9.17, 15) is 18.0 Å². The van der Waals surface area contributed by atoms with Gasteiger partial charge < -0.3 is 4.42 Å². The van der Waals surface area contributed by atoms with E-state index in [1.807, 2.05) is 0 Å². The van der Waals surface area contributed by atoms with Gasteiger partial charge in [-0.2, -0.15) is 0 Å². The zero-order chi connectivity index (χ0) is 17.2. The van der Waals surface area contributed by atoms with Crippen molar-refractivity contribution in [2.24, 2.45) is 5.14 Å². The van der Waals surface area contributed by atoms with Crippen molar-refractivity contribution in [3.05, 3.63) is 52.4 Å². The lowest BCUT2D eigenvalue weighted by Crippen LogP contribution is -2.41. The van der Waals surface area contributed by atoms with Gasteiger partial charge in [-0.05, 0) is 31.2 Å². The summed E-state index contributed by atoms with van der Waals surface area (Å²) < 4.78 is 27.7. The topological polar surface area (TPSA) is 132 Å². The van der Waals surface area contributed by atoms with Crippen LogP contribution in [0.4, 0.5) is 0 Å². The highest BCUT2D eigenvalue weighted by atomic mass is 35.5. The number of hydrogen-bond acceptors (Lipinski definition) is 5. The molecule has 122 valence electrons. The Hall–Kier alpha value is -2.36. The lowest BCUT2D eigenvalue weighted by atomic mass is 10.2. The molecule has 0 aliphatic heterocycles. The van der Waals surface area contributed by atoms with Gasteiger partial charge in [0.25, 0.3) is 11.8 Å². The Kier molecular flexibility index (Phi) is 4.73. The van der Waals surface area contributed by atoms with Crippen LogP contribution in [0.15, 0.2) is 39.8 Å². The zero-order valence-corrected chi connectivity index (χ0v) is 13.4. The maximum Gasteiger partial charge on any atom is 0.273 e. The summed E-state index contributed by atoms with van der Waals surface area (Å²) in [5, 5.41) is 4.90. The van der Waals surface area contributed by atoms with Gasteiger partial charge >= 0.3 is 0 Å². The number of furan rings is 1. The Balaban J connectivity index is 2.13. The maximum atomic E-state index is 12.0. The molecular formula is C13H12ClN3O5S. The van der Waals surface area contributed by atoms with Crippen molar-refractivity contribution in [1.29, 1.82) is 0 Å². The summed E-state index contributed by atoms with van der Waals surface area (Å²) in [4.78, 5) is 23.4. The number of sulfonamides is 1. The number of carbonyl (C=O) groups excluding carboxylic acids is 2. The van der Waals surface area contributed by atoms with Gasteiger partial charge in [-0.15, -0.1) is 0 Å². The van der Waals surface area contributed by atoms with Gasteiger partial charge in [-0.25, -0.2) is 13.6 Å². The number of amides is 2. The first-order valence-corrected chi connectivity index (χ1v) is 8.09. The highest BCUT2D eigenvalue weighted by molar-refractivity contribution is 7.89. The molecule has 0 fully saturated rings. The van der Waals surface area contributed by atoms with Crippen LogP contribution in [0.5, 0.6) is 0 Å². The van der Waals surface area contributed by atoms with Crippen molar-refractivity contribution in [1.82, 2.24) is 10.9 Å². The van der Waals surface area contributed by atoms with Crippen molar-refractivity contribution in [3.8, 4) is 0 Å². The Bertz CT molecular complexity index is 875. The molecule has 1 heterocycles. The van der Waals surface area contributed by atoms with Crippen molar-refractivity contribution >= 4 is 33.4 Å². The second-order valence-corrected chi connectivity index (χ2v) is 6.43. The average molecular weight is 358 g/mol. The molecule has 2 amide bonds.